The van der Waals surface area contributed by atoms with Gasteiger partial charge in [-0.05, 0) is 55.0 Å². The average Bonchev–Trinajstić information content (AvgIpc) is 2.86. The number of carbonyl (C=O) groups excluding carboxylic acids is 2. The van der Waals surface area contributed by atoms with E-state index in [2.05, 4.69) is 10.6 Å². The summed E-state index contributed by atoms with van der Waals surface area (Å²) in [6, 6.07) is 20.0. The number of hydrogen-bond donors (Lipinski definition) is 2. The van der Waals surface area contributed by atoms with E-state index < -0.39 is 10.8 Å². The molecule has 0 radical (unpaired) electrons. The zero-order chi connectivity index (χ0) is 24.5. The fraction of sp³-hybridized carbons (Fsp3) is 0.200. The summed E-state index contributed by atoms with van der Waals surface area (Å²) in [6.07, 6.45) is 0.690. The molecule has 0 aromatic heterocycles. The summed E-state index contributed by atoms with van der Waals surface area (Å²) < 4.78 is 4.97. The van der Waals surface area contributed by atoms with Gasteiger partial charge in [0, 0.05) is 55.9 Å². The lowest BCUT2D eigenvalue weighted by Crippen LogP contribution is -2.26. The number of nitro groups is 1. The van der Waals surface area contributed by atoms with Crippen molar-refractivity contribution in [2.45, 2.75) is 6.42 Å². The molecule has 0 saturated carbocycles. The Morgan fingerprint density at radius 1 is 1.00 bits per heavy atom. The predicted octanol–water partition coefficient (Wildman–Crippen LogP) is 4.57. The topological polar surface area (TPSA) is 114 Å². The van der Waals surface area contributed by atoms with E-state index in [0.717, 1.165) is 5.69 Å². The van der Waals surface area contributed by atoms with E-state index in [0.29, 0.717) is 36.5 Å². The van der Waals surface area contributed by atoms with Crippen molar-refractivity contribution in [2.75, 3.05) is 42.8 Å². The summed E-state index contributed by atoms with van der Waals surface area (Å²) in [5.74, 6) is -0.678. The van der Waals surface area contributed by atoms with Crippen LogP contribution < -0.4 is 15.5 Å². The van der Waals surface area contributed by atoms with Gasteiger partial charge < -0.3 is 20.3 Å². The lowest BCUT2D eigenvalue weighted by atomic mass is 10.1. The highest BCUT2D eigenvalue weighted by atomic mass is 16.6. The minimum absolute atomic E-state index is 0.151. The number of rotatable bonds is 10. The van der Waals surface area contributed by atoms with E-state index in [1.807, 2.05) is 30.3 Å². The van der Waals surface area contributed by atoms with Gasteiger partial charge in [0.1, 0.15) is 5.69 Å². The van der Waals surface area contributed by atoms with Crippen molar-refractivity contribution in [3.05, 3.63) is 94.0 Å². The molecule has 0 aliphatic heterocycles. The predicted molar refractivity (Wildman–Crippen MR) is 132 cm³/mol. The quantitative estimate of drug-likeness (QED) is 0.259. The van der Waals surface area contributed by atoms with E-state index >= 15 is 0 Å². The third-order valence-electron chi connectivity index (χ3n) is 5.14. The van der Waals surface area contributed by atoms with E-state index in [1.54, 1.807) is 38.4 Å². The van der Waals surface area contributed by atoms with Gasteiger partial charge in [0.25, 0.3) is 17.5 Å². The van der Waals surface area contributed by atoms with Gasteiger partial charge in [-0.2, -0.15) is 0 Å². The molecular weight excluding hydrogens is 436 g/mol. The van der Waals surface area contributed by atoms with E-state index in [9.17, 15) is 19.7 Å². The van der Waals surface area contributed by atoms with Crippen molar-refractivity contribution in [1.29, 1.82) is 0 Å². The molecule has 0 atom stereocenters. The first-order valence-corrected chi connectivity index (χ1v) is 10.7. The number of methoxy groups -OCH3 is 1. The van der Waals surface area contributed by atoms with Crippen LogP contribution in [0.1, 0.15) is 27.1 Å². The standard InChI is InChI=1S/C25H26N4O5/c1-28(21-7-4-3-5-8-21)25(31)18-9-12-20(13-10-18)27-24(30)19-11-14-22(23(17-19)29(32)33)26-15-6-16-34-2/h3-5,7-14,17,26H,6,15-16H2,1-2H3,(H,27,30). The minimum atomic E-state index is -0.529. The Bertz CT molecular complexity index is 1150. The fourth-order valence-electron chi connectivity index (χ4n) is 3.27. The molecule has 0 aliphatic carbocycles. The van der Waals surface area contributed by atoms with Crippen LogP contribution in [0.4, 0.5) is 22.7 Å². The van der Waals surface area contributed by atoms with Crippen LogP contribution in [0.5, 0.6) is 0 Å². The monoisotopic (exact) mass is 462 g/mol. The molecule has 0 saturated heterocycles. The van der Waals surface area contributed by atoms with Gasteiger partial charge in [0.05, 0.1) is 4.92 Å². The Morgan fingerprint density at radius 3 is 2.32 bits per heavy atom. The van der Waals surface area contributed by atoms with E-state index in [4.69, 9.17) is 4.74 Å². The van der Waals surface area contributed by atoms with Gasteiger partial charge in [-0.3, -0.25) is 19.7 Å². The number of ether oxygens (including phenoxy) is 1. The number of nitro benzene ring substituents is 1. The molecule has 3 aromatic rings. The van der Waals surface area contributed by atoms with Gasteiger partial charge >= 0.3 is 0 Å². The molecule has 0 spiro atoms. The van der Waals surface area contributed by atoms with E-state index in [-0.39, 0.29) is 17.2 Å². The van der Waals surface area contributed by atoms with Gasteiger partial charge in [0.15, 0.2) is 0 Å². The van der Waals surface area contributed by atoms with Crippen LogP contribution in [0.25, 0.3) is 0 Å². The fourth-order valence-corrected chi connectivity index (χ4v) is 3.27. The molecule has 0 bridgehead atoms. The van der Waals surface area contributed by atoms with Crippen molar-refractivity contribution in [2.24, 2.45) is 0 Å². The van der Waals surface area contributed by atoms with Crippen LogP contribution >= 0.6 is 0 Å². The average molecular weight is 463 g/mol. The minimum Gasteiger partial charge on any atom is -0.385 e. The van der Waals surface area contributed by atoms with Crippen molar-refractivity contribution >= 4 is 34.6 Å². The molecule has 3 rings (SSSR count). The van der Waals surface area contributed by atoms with Gasteiger partial charge in [-0.1, -0.05) is 18.2 Å². The number of hydrogen-bond acceptors (Lipinski definition) is 6. The summed E-state index contributed by atoms with van der Waals surface area (Å²) >= 11 is 0. The second kappa shape index (κ2) is 11.6. The molecular formula is C25H26N4O5. The number of nitrogens with one attached hydrogen (secondary N) is 2. The first kappa shape index (κ1) is 24.4. The lowest BCUT2D eigenvalue weighted by molar-refractivity contribution is -0.384. The second-order valence-corrected chi connectivity index (χ2v) is 7.49. The summed E-state index contributed by atoms with van der Waals surface area (Å²) in [4.78, 5) is 37.9. The summed E-state index contributed by atoms with van der Waals surface area (Å²) in [5.41, 5.74) is 2.00. The molecule has 0 unspecified atom stereocenters. The Labute approximate surface area is 197 Å². The molecule has 176 valence electrons. The maximum absolute atomic E-state index is 12.7. The smallest absolute Gasteiger partial charge is 0.293 e. The molecule has 0 fully saturated rings. The van der Waals surface area contributed by atoms with Crippen LogP contribution in [0.2, 0.25) is 0 Å². The highest BCUT2D eigenvalue weighted by Gasteiger charge is 2.18. The van der Waals surface area contributed by atoms with Crippen molar-refractivity contribution in [3.63, 3.8) is 0 Å². The van der Waals surface area contributed by atoms with Crippen LogP contribution in [-0.4, -0.2) is 44.0 Å². The first-order chi connectivity index (χ1) is 16.4. The zero-order valence-corrected chi connectivity index (χ0v) is 19.0. The molecule has 2 amide bonds. The van der Waals surface area contributed by atoms with Gasteiger partial charge in [-0.25, -0.2) is 0 Å². The molecule has 2 N–H and O–H groups in total. The van der Waals surface area contributed by atoms with Crippen molar-refractivity contribution in [3.8, 4) is 0 Å². The largest absolute Gasteiger partial charge is 0.385 e. The molecule has 34 heavy (non-hydrogen) atoms. The highest BCUT2D eigenvalue weighted by molar-refractivity contribution is 6.07. The molecule has 0 heterocycles. The molecule has 0 aliphatic rings. The third kappa shape index (κ3) is 6.17. The van der Waals surface area contributed by atoms with Crippen molar-refractivity contribution in [1.82, 2.24) is 0 Å². The summed E-state index contributed by atoms with van der Waals surface area (Å²) in [7, 11) is 3.28. The van der Waals surface area contributed by atoms with Gasteiger partial charge in [-0.15, -0.1) is 0 Å². The van der Waals surface area contributed by atoms with Crippen LogP contribution in [0.15, 0.2) is 72.8 Å². The maximum atomic E-state index is 12.7. The zero-order valence-electron chi connectivity index (χ0n) is 19.0. The number of benzene rings is 3. The van der Waals surface area contributed by atoms with Crippen LogP contribution in [-0.2, 0) is 4.74 Å². The Balaban J connectivity index is 1.67. The van der Waals surface area contributed by atoms with Crippen LogP contribution in [0, 0.1) is 10.1 Å². The normalized spacial score (nSPS) is 10.4. The number of para-hydroxylation sites is 1. The lowest BCUT2D eigenvalue weighted by Gasteiger charge is -2.17. The first-order valence-electron chi connectivity index (χ1n) is 10.7. The summed E-state index contributed by atoms with van der Waals surface area (Å²) in [6.45, 7) is 1.04. The third-order valence-corrected chi connectivity index (χ3v) is 5.14. The Kier molecular flexibility index (Phi) is 8.31. The second-order valence-electron chi connectivity index (χ2n) is 7.49. The Morgan fingerprint density at radius 2 is 1.68 bits per heavy atom. The number of carbonyl (C=O) groups is 2. The van der Waals surface area contributed by atoms with Crippen LogP contribution in [0.3, 0.4) is 0 Å². The van der Waals surface area contributed by atoms with E-state index in [1.165, 1.54) is 23.1 Å². The van der Waals surface area contributed by atoms with Gasteiger partial charge in [0.2, 0.25) is 0 Å². The molecule has 9 heteroatoms. The number of anilines is 3. The number of nitrogens with zero attached hydrogens (tertiary/aromatic N) is 2. The highest BCUT2D eigenvalue weighted by Crippen LogP contribution is 2.26. The molecule has 3 aromatic carbocycles. The van der Waals surface area contributed by atoms with Crippen molar-refractivity contribution < 1.29 is 19.2 Å². The Hall–Kier alpha value is -4.24. The SMILES string of the molecule is COCCCNc1ccc(C(=O)Nc2ccc(C(=O)N(C)c3ccccc3)cc2)cc1[N+](=O)[O-]. The molecule has 9 nitrogen and oxygen atoms in total. The maximum Gasteiger partial charge on any atom is 0.293 e. The summed E-state index contributed by atoms with van der Waals surface area (Å²) in [5, 5.41) is 17.2. The number of amides is 2.